The summed E-state index contributed by atoms with van der Waals surface area (Å²) in [7, 11) is 0. The summed E-state index contributed by atoms with van der Waals surface area (Å²) in [6, 6.07) is 42.7. The molecule has 2 aromatic heterocycles. The van der Waals surface area contributed by atoms with E-state index in [9.17, 15) is 0 Å². The van der Waals surface area contributed by atoms with Crippen molar-refractivity contribution in [1.29, 1.82) is 0 Å². The van der Waals surface area contributed by atoms with Gasteiger partial charge in [-0.25, -0.2) is 0 Å². The molecule has 0 fully saturated rings. The fraction of sp³-hybridized carbons (Fsp3) is 0.244. The smallest absolute Gasteiger partial charge is 0.0676 e. The number of thiophene rings is 2. The van der Waals surface area contributed by atoms with Crippen LogP contribution in [0.1, 0.15) is 68.0 Å². The summed E-state index contributed by atoms with van der Waals surface area (Å²) < 4.78 is 2.63. The van der Waals surface area contributed by atoms with Crippen molar-refractivity contribution in [3.8, 4) is 0 Å². The molecule has 2 heterocycles. The predicted octanol–water partition coefficient (Wildman–Crippen LogP) is 14.6. The number of benzene rings is 5. The van der Waals surface area contributed by atoms with Crippen LogP contribution in [0.25, 0.3) is 20.2 Å². The van der Waals surface area contributed by atoms with Crippen LogP contribution in [0.5, 0.6) is 0 Å². The first-order chi connectivity index (χ1) is 23.3. The van der Waals surface area contributed by atoms with Gasteiger partial charge in [-0.05, 0) is 109 Å². The van der Waals surface area contributed by atoms with Gasteiger partial charge in [-0.2, -0.15) is 0 Å². The van der Waals surface area contributed by atoms with Gasteiger partial charge in [0.1, 0.15) is 0 Å². The van der Waals surface area contributed by atoms with Crippen molar-refractivity contribution < 1.29 is 0 Å². The standard InChI is InChI=1S/C45H46N2S2/c1-29-38(46(34-17-12-10-13-18-34)42-30(2)48-40-25-23-32(27-36(40)42)44(4,5)6)21-16-22-39(29)47(35-19-14-11-15-20-35)43-31(3)49-41-26-24-33(28-37(41)43)45(7,8)9/h10-28H,1-9H3. The van der Waals surface area contributed by atoms with Crippen molar-refractivity contribution in [2.45, 2.75) is 73.1 Å². The summed E-state index contributed by atoms with van der Waals surface area (Å²) >= 11 is 3.77. The highest BCUT2D eigenvalue weighted by atomic mass is 32.1. The largest absolute Gasteiger partial charge is 0.308 e. The topological polar surface area (TPSA) is 6.48 Å². The Balaban J connectivity index is 1.50. The van der Waals surface area contributed by atoms with Gasteiger partial charge in [0.15, 0.2) is 0 Å². The molecule has 248 valence electrons. The van der Waals surface area contributed by atoms with Crippen LogP contribution in [-0.2, 0) is 10.8 Å². The summed E-state index contributed by atoms with van der Waals surface area (Å²) in [4.78, 5) is 7.62. The fourth-order valence-electron chi connectivity index (χ4n) is 6.93. The summed E-state index contributed by atoms with van der Waals surface area (Å²) in [5, 5.41) is 2.61. The zero-order valence-corrected chi connectivity index (χ0v) is 31.8. The molecule has 0 N–H and O–H groups in total. The molecule has 7 aromatic rings. The van der Waals surface area contributed by atoms with E-state index in [1.54, 1.807) is 0 Å². The van der Waals surface area contributed by atoms with E-state index >= 15 is 0 Å². The highest BCUT2D eigenvalue weighted by molar-refractivity contribution is 7.20. The molecule has 7 rings (SSSR count). The number of hydrogen-bond acceptors (Lipinski definition) is 4. The Labute approximate surface area is 300 Å². The number of anilines is 6. The van der Waals surface area contributed by atoms with Crippen LogP contribution in [0.2, 0.25) is 0 Å². The second-order valence-electron chi connectivity index (χ2n) is 15.2. The molecule has 49 heavy (non-hydrogen) atoms. The lowest BCUT2D eigenvalue weighted by molar-refractivity contribution is 0.591. The Kier molecular flexibility index (Phi) is 8.45. The zero-order chi connectivity index (χ0) is 34.7. The van der Waals surface area contributed by atoms with Crippen molar-refractivity contribution in [3.05, 3.63) is 142 Å². The minimum absolute atomic E-state index is 0.0545. The van der Waals surface area contributed by atoms with Gasteiger partial charge in [0.05, 0.1) is 22.7 Å². The van der Waals surface area contributed by atoms with Crippen LogP contribution in [0.15, 0.2) is 115 Å². The summed E-state index contributed by atoms with van der Waals surface area (Å²) in [5.41, 5.74) is 11.2. The molecule has 0 saturated carbocycles. The first-order valence-electron chi connectivity index (χ1n) is 17.2. The van der Waals surface area contributed by atoms with E-state index < -0.39 is 0 Å². The van der Waals surface area contributed by atoms with Crippen molar-refractivity contribution in [3.63, 3.8) is 0 Å². The second-order valence-corrected chi connectivity index (χ2v) is 17.7. The molecule has 0 atom stereocenters. The number of fused-ring (bicyclic) bond motifs is 2. The second kappa shape index (κ2) is 12.5. The Morgan fingerprint density at radius 3 is 1.20 bits per heavy atom. The van der Waals surface area contributed by atoms with E-state index in [4.69, 9.17) is 0 Å². The lowest BCUT2D eigenvalue weighted by Crippen LogP contribution is -2.16. The molecule has 0 spiro atoms. The molecule has 0 aliphatic carbocycles. The van der Waals surface area contributed by atoms with Gasteiger partial charge < -0.3 is 9.80 Å². The maximum Gasteiger partial charge on any atom is 0.0676 e. The van der Waals surface area contributed by atoms with Crippen molar-refractivity contribution >= 4 is 77.0 Å². The molecule has 0 unspecified atom stereocenters. The third-order valence-electron chi connectivity index (χ3n) is 9.63. The van der Waals surface area contributed by atoms with Gasteiger partial charge in [-0.1, -0.05) is 96.1 Å². The third kappa shape index (κ3) is 6.06. The SMILES string of the molecule is Cc1sc2ccc(C(C)(C)C)cc2c1N(c1ccccc1)c1cccc(N(c2ccccc2)c2c(C)sc3ccc(C(C)(C)C)cc23)c1C. The molecule has 0 radical (unpaired) electrons. The predicted molar refractivity (Wildman–Crippen MR) is 218 cm³/mol. The lowest BCUT2D eigenvalue weighted by atomic mass is 9.86. The minimum atomic E-state index is 0.0545. The monoisotopic (exact) mass is 678 g/mol. The van der Waals surface area contributed by atoms with E-state index in [2.05, 4.69) is 187 Å². The maximum atomic E-state index is 2.50. The van der Waals surface area contributed by atoms with Crippen molar-refractivity contribution in [2.24, 2.45) is 0 Å². The lowest BCUT2D eigenvalue weighted by Gasteiger charge is -2.32. The molecule has 2 nitrogen and oxygen atoms in total. The van der Waals surface area contributed by atoms with E-state index in [0.717, 1.165) is 11.4 Å². The average Bonchev–Trinajstić information content (AvgIpc) is 3.57. The molecule has 0 saturated heterocycles. The van der Waals surface area contributed by atoms with Crippen LogP contribution < -0.4 is 9.80 Å². The first kappa shape index (κ1) is 33.1. The Morgan fingerprint density at radius 2 is 0.837 bits per heavy atom. The minimum Gasteiger partial charge on any atom is -0.308 e. The van der Waals surface area contributed by atoms with Crippen molar-refractivity contribution in [2.75, 3.05) is 9.80 Å². The molecular formula is C45H46N2S2. The summed E-state index contributed by atoms with van der Waals surface area (Å²) in [5.74, 6) is 0. The number of nitrogens with zero attached hydrogens (tertiary/aromatic N) is 2. The fourth-order valence-corrected chi connectivity index (χ4v) is 8.99. The number of hydrogen-bond donors (Lipinski definition) is 0. The van der Waals surface area contributed by atoms with Gasteiger partial charge in [0.25, 0.3) is 0 Å². The number of aryl methyl sites for hydroxylation is 2. The summed E-state index contributed by atoms with van der Waals surface area (Å²) in [6.45, 7) is 20.6. The van der Waals surface area contributed by atoms with E-state index in [1.807, 2.05) is 22.7 Å². The van der Waals surface area contributed by atoms with E-state index in [1.165, 1.54) is 69.4 Å². The van der Waals surface area contributed by atoms with Crippen LogP contribution in [0.3, 0.4) is 0 Å². The van der Waals surface area contributed by atoms with Crippen LogP contribution in [0.4, 0.5) is 34.1 Å². The van der Waals surface area contributed by atoms with Gasteiger partial charge >= 0.3 is 0 Å². The summed E-state index contributed by atoms with van der Waals surface area (Å²) in [6.07, 6.45) is 0. The quantitative estimate of drug-likeness (QED) is 0.173. The van der Waals surface area contributed by atoms with Crippen molar-refractivity contribution in [1.82, 2.24) is 0 Å². The highest BCUT2D eigenvalue weighted by Crippen LogP contribution is 2.51. The van der Waals surface area contributed by atoms with Gasteiger partial charge in [0, 0.05) is 41.3 Å². The Bertz CT molecular complexity index is 2120. The third-order valence-corrected chi connectivity index (χ3v) is 11.8. The molecular weight excluding hydrogens is 633 g/mol. The maximum absolute atomic E-state index is 2.50. The van der Waals surface area contributed by atoms with Crippen LogP contribution in [0, 0.1) is 20.8 Å². The number of rotatable bonds is 6. The van der Waals surface area contributed by atoms with Crippen LogP contribution in [-0.4, -0.2) is 0 Å². The molecule has 0 amide bonds. The first-order valence-corrected chi connectivity index (χ1v) is 18.8. The zero-order valence-electron chi connectivity index (χ0n) is 30.2. The molecule has 0 aliphatic rings. The van der Waals surface area contributed by atoms with Crippen LogP contribution >= 0.6 is 22.7 Å². The number of para-hydroxylation sites is 2. The molecule has 0 bridgehead atoms. The van der Waals surface area contributed by atoms with E-state index in [-0.39, 0.29) is 10.8 Å². The van der Waals surface area contributed by atoms with Gasteiger partial charge in [-0.15, -0.1) is 22.7 Å². The normalized spacial score (nSPS) is 12.2. The Morgan fingerprint density at radius 1 is 0.449 bits per heavy atom. The average molecular weight is 679 g/mol. The van der Waals surface area contributed by atoms with Gasteiger partial charge in [-0.3, -0.25) is 0 Å². The molecule has 4 heteroatoms. The molecule has 5 aromatic carbocycles. The van der Waals surface area contributed by atoms with E-state index in [0.29, 0.717) is 0 Å². The highest BCUT2D eigenvalue weighted by Gasteiger charge is 2.27. The Hall–Kier alpha value is -4.38. The van der Waals surface area contributed by atoms with Gasteiger partial charge in [0.2, 0.25) is 0 Å². The molecule has 0 aliphatic heterocycles.